The van der Waals surface area contributed by atoms with Crippen molar-refractivity contribution in [3.63, 3.8) is 0 Å². The van der Waals surface area contributed by atoms with E-state index in [1.807, 2.05) is 6.20 Å². The zero-order valence-corrected chi connectivity index (χ0v) is 12.6. The van der Waals surface area contributed by atoms with Crippen molar-refractivity contribution >= 4 is 5.69 Å². The Hall–Kier alpha value is -1.16. The van der Waals surface area contributed by atoms with E-state index in [4.69, 9.17) is 5.73 Å². The molecular weight excluding hydrogens is 236 g/mol. The largest absolute Gasteiger partial charge is 0.366 e. The predicted molar refractivity (Wildman–Crippen MR) is 79.2 cm³/mol. The number of nitrogens with zero attached hydrogens (tertiary/aromatic N) is 3. The summed E-state index contributed by atoms with van der Waals surface area (Å²) < 4.78 is 0. The van der Waals surface area contributed by atoms with Crippen molar-refractivity contribution in [3.05, 3.63) is 17.7 Å². The number of hydrogen-bond donors (Lipinski definition) is 1. The Bertz CT molecular complexity index is 430. The molecule has 1 aromatic heterocycles. The molecule has 0 radical (unpaired) electrons. The van der Waals surface area contributed by atoms with Crippen molar-refractivity contribution in [1.29, 1.82) is 0 Å². The standard InChI is InChI=1S/C15H26N4/c1-10(2)15-17-8-14(13(7-16)18-15)19-9-11(3)5-6-12(19)4/h8,10-12H,5-7,9,16H2,1-4H3. The molecule has 0 aliphatic carbocycles. The molecule has 1 aliphatic heterocycles. The summed E-state index contributed by atoms with van der Waals surface area (Å²) >= 11 is 0. The van der Waals surface area contributed by atoms with E-state index in [1.54, 1.807) is 0 Å². The molecule has 2 atom stereocenters. The minimum absolute atomic E-state index is 0.344. The van der Waals surface area contributed by atoms with Crippen molar-refractivity contribution < 1.29 is 0 Å². The first kappa shape index (κ1) is 14.3. The third-order valence-electron chi connectivity index (χ3n) is 4.00. The zero-order chi connectivity index (χ0) is 14.0. The number of aromatic nitrogens is 2. The van der Waals surface area contributed by atoms with Gasteiger partial charge in [-0.3, -0.25) is 0 Å². The fraction of sp³-hybridized carbons (Fsp3) is 0.733. The second-order valence-corrected chi connectivity index (χ2v) is 6.10. The molecule has 2 N–H and O–H groups in total. The van der Waals surface area contributed by atoms with E-state index in [-0.39, 0.29) is 0 Å². The van der Waals surface area contributed by atoms with Gasteiger partial charge in [-0.2, -0.15) is 0 Å². The van der Waals surface area contributed by atoms with E-state index in [0.29, 0.717) is 18.5 Å². The molecule has 0 saturated carbocycles. The van der Waals surface area contributed by atoms with Gasteiger partial charge in [0.25, 0.3) is 0 Å². The van der Waals surface area contributed by atoms with Gasteiger partial charge in [-0.25, -0.2) is 9.97 Å². The van der Waals surface area contributed by atoms with Gasteiger partial charge in [0, 0.05) is 25.0 Å². The van der Waals surface area contributed by atoms with E-state index < -0.39 is 0 Å². The third-order valence-corrected chi connectivity index (χ3v) is 4.00. The lowest BCUT2D eigenvalue weighted by atomic mass is 9.94. The van der Waals surface area contributed by atoms with Crippen molar-refractivity contribution in [3.8, 4) is 0 Å². The van der Waals surface area contributed by atoms with E-state index >= 15 is 0 Å². The molecule has 4 heteroatoms. The molecule has 0 aromatic carbocycles. The highest BCUT2D eigenvalue weighted by Crippen LogP contribution is 2.29. The number of piperidine rings is 1. The maximum atomic E-state index is 5.89. The van der Waals surface area contributed by atoms with Crippen LogP contribution >= 0.6 is 0 Å². The number of hydrogen-bond acceptors (Lipinski definition) is 4. The number of rotatable bonds is 3. The average Bonchev–Trinajstić information content (AvgIpc) is 2.40. The number of anilines is 1. The Labute approximate surface area is 116 Å². The topological polar surface area (TPSA) is 55.0 Å². The summed E-state index contributed by atoms with van der Waals surface area (Å²) in [5.74, 6) is 1.96. The average molecular weight is 262 g/mol. The van der Waals surface area contributed by atoms with Crippen LogP contribution in [0.2, 0.25) is 0 Å². The van der Waals surface area contributed by atoms with Crippen LogP contribution in [0, 0.1) is 5.92 Å². The Balaban J connectivity index is 2.32. The maximum absolute atomic E-state index is 5.89. The molecule has 2 rings (SSSR count). The normalized spacial score (nSPS) is 24.0. The van der Waals surface area contributed by atoms with E-state index in [1.165, 1.54) is 12.8 Å². The summed E-state index contributed by atoms with van der Waals surface area (Å²) in [6.45, 7) is 10.4. The number of nitrogens with two attached hydrogens (primary N) is 1. The van der Waals surface area contributed by atoms with Crippen LogP contribution in [0.25, 0.3) is 0 Å². The van der Waals surface area contributed by atoms with Gasteiger partial charge in [-0.05, 0) is 25.7 Å². The van der Waals surface area contributed by atoms with Crippen molar-refractivity contribution in [2.75, 3.05) is 11.4 Å². The Morgan fingerprint density at radius 1 is 1.37 bits per heavy atom. The van der Waals surface area contributed by atoms with Gasteiger partial charge < -0.3 is 10.6 Å². The first-order valence-electron chi connectivity index (χ1n) is 7.35. The fourth-order valence-electron chi connectivity index (χ4n) is 2.72. The minimum atomic E-state index is 0.344. The maximum Gasteiger partial charge on any atom is 0.131 e. The molecular formula is C15H26N4. The van der Waals surface area contributed by atoms with Gasteiger partial charge in [-0.1, -0.05) is 20.8 Å². The molecule has 19 heavy (non-hydrogen) atoms. The second-order valence-electron chi connectivity index (χ2n) is 6.10. The summed E-state index contributed by atoms with van der Waals surface area (Å²) in [5, 5.41) is 0. The van der Waals surface area contributed by atoms with Crippen LogP contribution < -0.4 is 10.6 Å². The Morgan fingerprint density at radius 2 is 2.11 bits per heavy atom. The zero-order valence-electron chi connectivity index (χ0n) is 12.6. The van der Waals surface area contributed by atoms with Crippen LogP contribution in [-0.4, -0.2) is 22.6 Å². The Morgan fingerprint density at radius 3 is 2.74 bits per heavy atom. The van der Waals surface area contributed by atoms with Gasteiger partial charge >= 0.3 is 0 Å². The summed E-state index contributed by atoms with van der Waals surface area (Å²) in [6.07, 6.45) is 4.51. The van der Waals surface area contributed by atoms with Crippen molar-refractivity contribution in [2.45, 2.75) is 59.0 Å². The summed E-state index contributed by atoms with van der Waals surface area (Å²) in [6, 6.07) is 0.551. The fourth-order valence-corrected chi connectivity index (χ4v) is 2.72. The van der Waals surface area contributed by atoms with Gasteiger partial charge in [0.05, 0.1) is 17.6 Å². The molecule has 1 fully saturated rings. The Kier molecular flexibility index (Phi) is 4.40. The molecule has 1 aliphatic rings. The van der Waals surface area contributed by atoms with Crippen molar-refractivity contribution in [1.82, 2.24) is 9.97 Å². The monoisotopic (exact) mass is 262 g/mol. The van der Waals surface area contributed by atoms with Crippen LogP contribution in [-0.2, 0) is 6.54 Å². The van der Waals surface area contributed by atoms with Gasteiger partial charge in [0.1, 0.15) is 5.82 Å². The molecule has 0 spiro atoms. The van der Waals surface area contributed by atoms with Crippen LogP contribution in [0.1, 0.15) is 58.0 Å². The molecule has 0 bridgehead atoms. The predicted octanol–water partition coefficient (Wildman–Crippen LogP) is 2.68. The highest BCUT2D eigenvalue weighted by molar-refractivity contribution is 5.50. The van der Waals surface area contributed by atoms with Gasteiger partial charge in [-0.15, -0.1) is 0 Å². The molecule has 1 aromatic rings. The summed E-state index contributed by atoms with van der Waals surface area (Å²) in [4.78, 5) is 11.6. The summed E-state index contributed by atoms with van der Waals surface area (Å²) in [7, 11) is 0. The molecule has 2 heterocycles. The van der Waals surface area contributed by atoms with Crippen molar-refractivity contribution in [2.24, 2.45) is 11.7 Å². The highest BCUT2D eigenvalue weighted by atomic mass is 15.2. The highest BCUT2D eigenvalue weighted by Gasteiger charge is 2.25. The lowest BCUT2D eigenvalue weighted by molar-refractivity contribution is 0.389. The molecule has 1 saturated heterocycles. The van der Waals surface area contributed by atoms with Crippen LogP contribution in [0.3, 0.4) is 0 Å². The smallest absolute Gasteiger partial charge is 0.131 e. The quantitative estimate of drug-likeness (QED) is 0.910. The lowest BCUT2D eigenvalue weighted by Gasteiger charge is -2.39. The molecule has 4 nitrogen and oxygen atoms in total. The van der Waals surface area contributed by atoms with Crippen LogP contribution in [0.5, 0.6) is 0 Å². The van der Waals surface area contributed by atoms with Gasteiger partial charge in [0.15, 0.2) is 0 Å². The van der Waals surface area contributed by atoms with E-state index in [0.717, 1.165) is 29.7 Å². The first-order chi connectivity index (χ1) is 9.02. The molecule has 106 valence electrons. The second kappa shape index (κ2) is 5.87. The summed E-state index contributed by atoms with van der Waals surface area (Å²) in [5.41, 5.74) is 8.01. The van der Waals surface area contributed by atoms with Gasteiger partial charge in [0.2, 0.25) is 0 Å². The van der Waals surface area contributed by atoms with Crippen LogP contribution in [0.4, 0.5) is 5.69 Å². The third kappa shape index (κ3) is 3.06. The van der Waals surface area contributed by atoms with E-state index in [2.05, 4.69) is 42.6 Å². The van der Waals surface area contributed by atoms with E-state index in [9.17, 15) is 0 Å². The van der Waals surface area contributed by atoms with Crippen LogP contribution in [0.15, 0.2) is 6.20 Å². The first-order valence-corrected chi connectivity index (χ1v) is 7.35. The molecule has 0 amide bonds. The lowest BCUT2D eigenvalue weighted by Crippen LogP contribution is -2.42. The minimum Gasteiger partial charge on any atom is -0.366 e. The SMILES string of the molecule is CC1CCC(C)N(c2cnc(C(C)C)nc2CN)C1. The molecule has 2 unspecified atom stereocenters.